The van der Waals surface area contributed by atoms with E-state index in [1.54, 1.807) is 6.92 Å². The van der Waals surface area contributed by atoms with Crippen molar-refractivity contribution in [2.75, 3.05) is 0 Å². The van der Waals surface area contributed by atoms with Gasteiger partial charge in [0.1, 0.15) is 17.6 Å². The number of carbonyl (C=O) groups excluding carboxylic acids is 3. The van der Waals surface area contributed by atoms with E-state index in [0.717, 1.165) is 0 Å². The number of carbonyl (C=O) groups is 3. The third-order valence-corrected chi connectivity index (χ3v) is 5.68. The summed E-state index contributed by atoms with van der Waals surface area (Å²) in [5, 5.41) is 2.21. The molecule has 0 unspecified atom stereocenters. The van der Waals surface area contributed by atoms with Crippen LogP contribution in [0.25, 0.3) is 11.3 Å². The maximum absolute atomic E-state index is 15.4. The highest BCUT2D eigenvalue weighted by atomic mass is 35.5. The summed E-state index contributed by atoms with van der Waals surface area (Å²) in [5.74, 6) is -3.08. The van der Waals surface area contributed by atoms with Crippen LogP contribution in [0.4, 0.5) is 8.78 Å². The van der Waals surface area contributed by atoms with Gasteiger partial charge in [-0.15, -0.1) is 11.6 Å². The lowest BCUT2D eigenvalue weighted by Gasteiger charge is -2.32. The number of alkyl halides is 1. The molecule has 150 valence electrons. The van der Waals surface area contributed by atoms with E-state index in [1.165, 1.54) is 29.3 Å². The fourth-order valence-electron chi connectivity index (χ4n) is 3.96. The minimum absolute atomic E-state index is 0.0784. The van der Waals surface area contributed by atoms with Crippen LogP contribution in [0.15, 0.2) is 24.4 Å². The molecule has 1 fully saturated rings. The van der Waals surface area contributed by atoms with Crippen LogP contribution in [-0.2, 0) is 15.5 Å². The van der Waals surface area contributed by atoms with Crippen molar-refractivity contribution >= 4 is 29.3 Å². The second-order valence-electron chi connectivity index (χ2n) is 7.01. The van der Waals surface area contributed by atoms with Crippen LogP contribution in [0, 0.1) is 11.6 Å². The average molecular weight is 420 g/mol. The van der Waals surface area contributed by atoms with E-state index >= 15 is 4.39 Å². The third kappa shape index (κ3) is 2.98. The molecule has 0 spiro atoms. The minimum atomic E-state index is -0.875. The number of piperidine rings is 1. The first-order valence-electron chi connectivity index (χ1n) is 9.03. The number of rotatable bonds is 3. The van der Waals surface area contributed by atoms with E-state index in [1.807, 2.05) is 0 Å². The molecule has 1 saturated heterocycles. The standard InChI is InChI=1S/C20H16ClF2N3O3/c1-9-15-11(20(29)26(9)13-4-5-14(27)25-19(13)28)2-3-12(17(15)23)18-16(22)10(8-21)6-7-24-18/h2-3,6-7,9,13H,4-5,8H2,1H3,(H,25,27,28)/t9-,13-/m1/s1. The fraction of sp³-hybridized carbons (Fsp3) is 0.300. The van der Waals surface area contributed by atoms with Gasteiger partial charge < -0.3 is 4.90 Å². The van der Waals surface area contributed by atoms with E-state index in [-0.39, 0.29) is 46.7 Å². The Hall–Kier alpha value is -2.87. The van der Waals surface area contributed by atoms with Crippen molar-refractivity contribution in [3.05, 3.63) is 52.7 Å². The maximum atomic E-state index is 15.4. The van der Waals surface area contributed by atoms with E-state index < -0.39 is 41.4 Å². The van der Waals surface area contributed by atoms with Crippen LogP contribution in [0.5, 0.6) is 0 Å². The molecule has 0 aliphatic carbocycles. The Bertz CT molecular complexity index is 1060. The van der Waals surface area contributed by atoms with Crippen molar-refractivity contribution in [2.24, 2.45) is 0 Å². The van der Waals surface area contributed by atoms with Gasteiger partial charge in [0, 0.05) is 34.9 Å². The summed E-state index contributed by atoms with van der Waals surface area (Å²) in [4.78, 5) is 41.7. The number of nitrogens with zero attached hydrogens (tertiary/aromatic N) is 2. The number of nitrogens with one attached hydrogen (secondary N) is 1. The van der Waals surface area contributed by atoms with Gasteiger partial charge in [0.25, 0.3) is 5.91 Å². The quantitative estimate of drug-likeness (QED) is 0.612. The highest BCUT2D eigenvalue weighted by molar-refractivity contribution is 6.17. The van der Waals surface area contributed by atoms with Crippen molar-refractivity contribution in [1.82, 2.24) is 15.2 Å². The lowest BCUT2D eigenvalue weighted by Crippen LogP contribution is -2.53. The predicted octanol–water partition coefficient (Wildman–Crippen LogP) is 3.09. The van der Waals surface area contributed by atoms with Crippen LogP contribution in [-0.4, -0.2) is 33.6 Å². The monoisotopic (exact) mass is 419 g/mol. The molecule has 4 rings (SSSR count). The third-order valence-electron chi connectivity index (χ3n) is 5.39. The Labute approximate surface area is 169 Å². The van der Waals surface area contributed by atoms with E-state index in [2.05, 4.69) is 10.3 Å². The van der Waals surface area contributed by atoms with Crippen LogP contribution in [0.2, 0.25) is 0 Å². The number of fused-ring (bicyclic) bond motifs is 1. The summed E-state index contributed by atoms with van der Waals surface area (Å²) in [6.07, 6.45) is 1.60. The highest BCUT2D eigenvalue weighted by Crippen LogP contribution is 2.41. The van der Waals surface area contributed by atoms with Gasteiger partial charge in [-0.1, -0.05) is 0 Å². The smallest absolute Gasteiger partial charge is 0.255 e. The summed E-state index contributed by atoms with van der Waals surface area (Å²) >= 11 is 5.72. The average Bonchev–Trinajstić information content (AvgIpc) is 2.94. The van der Waals surface area contributed by atoms with Crippen LogP contribution in [0.3, 0.4) is 0 Å². The molecule has 1 aromatic carbocycles. The van der Waals surface area contributed by atoms with Gasteiger partial charge in [-0.05, 0) is 31.5 Å². The van der Waals surface area contributed by atoms with Crippen LogP contribution < -0.4 is 5.32 Å². The first kappa shape index (κ1) is 19.4. The Morgan fingerprint density at radius 3 is 2.59 bits per heavy atom. The molecular formula is C20H16ClF2N3O3. The number of pyridine rings is 1. The highest BCUT2D eigenvalue weighted by Gasteiger charge is 2.44. The molecule has 0 bridgehead atoms. The lowest BCUT2D eigenvalue weighted by molar-refractivity contribution is -0.137. The molecule has 29 heavy (non-hydrogen) atoms. The molecule has 3 heterocycles. The lowest BCUT2D eigenvalue weighted by atomic mass is 9.98. The Balaban J connectivity index is 1.77. The summed E-state index contributed by atoms with van der Waals surface area (Å²) in [6.45, 7) is 1.60. The van der Waals surface area contributed by atoms with Crippen molar-refractivity contribution < 1.29 is 23.2 Å². The van der Waals surface area contributed by atoms with Crippen molar-refractivity contribution in [2.45, 2.75) is 37.7 Å². The topological polar surface area (TPSA) is 79.4 Å². The summed E-state index contributed by atoms with van der Waals surface area (Å²) in [6, 6.07) is 2.48. The van der Waals surface area contributed by atoms with Gasteiger partial charge in [-0.25, -0.2) is 8.78 Å². The largest absolute Gasteiger partial charge is 0.320 e. The van der Waals surface area contributed by atoms with Crippen LogP contribution in [0.1, 0.15) is 47.3 Å². The van der Waals surface area contributed by atoms with Crippen LogP contribution >= 0.6 is 11.6 Å². The number of benzene rings is 1. The van der Waals surface area contributed by atoms with Gasteiger partial charge in [-0.2, -0.15) is 0 Å². The van der Waals surface area contributed by atoms with Crippen molar-refractivity contribution in [3.63, 3.8) is 0 Å². The van der Waals surface area contributed by atoms with Crippen molar-refractivity contribution in [1.29, 1.82) is 0 Å². The van der Waals surface area contributed by atoms with Gasteiger partial charge in [-0.3, -0.25) is 24.7 Å². The molecule has 9 heteroatoms. The van der Waals surface area contributed by atoms with Gasteiger partial charge in [0.2, 0.25) is 11.8 Å². The molecular weight excluding hydrogens is 404 g/mol. The molecule has 0 saturated carbocycles. The zero-order chi connectivity index (χ0) is 20.9. The first-order valence-corrected chi connectivity index (χ1v) is 9.57. The Morgan fingerprint density at radius 1 is 1.17 bits per heavy atom. The maximum Gasteiger partial charge on any atom is 0.255 e. The summed E-state index contributed by atoms with van der Waals surface area (Å²) < 4.78 is 30.1. The normalized spacial score (nSPS) is 21.4. The number of hydrogen-bond acceptors (Lipinski definition) is 4. The molecule has 2 atom stereocenters. The zero-order valence-corrected chi connectivity index (χ0v) is 16.1. The molecule has 0 radical (unpaired) electrons. The molecule has 2 aliphatic rings. The van der Waals surface area contributed by atoms with E-state index in [9.17, 15) is 18.8 Å². The van der Waals surface area contributed by atoms with Crippen molar-refractivity contribution in [3.8, 4) is 11.3 Å². The van der Waals surface area contributed by atoms with E-state index in [0.29, 0.717) is 0 Å². The number of imide groups is 1. The summed E-state index contributed by atoms with van der Waals surface area (Å²) in [7, 11) is 0. The Kier molecular flexibility index (Phi) is 4.82. The fourth-order valence-corrected chi connectivity index (χ4v) is 4.16. The second kappa shape index (κ2) is 7.18. The molecule has 3 amide bonds. The molecule has 1 aromatic heterocycles. The molecule has 1 N–H and O–H groups in total. The number of amides is 3. The molecule has 2 aromatic rings. The molecule has 2 aliphatic heterocycles. The number of hydrogen-bond donors (Lipinski definition) is 1. The number of aromatic nitrogens is 1. The SMILES string of the molecule is C[C@@H]1c2c(ccc(-c3nccc(CCl)c3F)c2F)C(=O)N1[C@@H]1CCC(=O)NC1=O. The first-order chi connectivity index (χ1) is 13.8. The molecule has 6 nitrogen and oxygen atoms in total. The van der Waals surface area contributed by atoms with E-state index in [4.69, 9.17) is 11.6 Å². The van der Waals surface area contributed by atoms with Gasteiger partial charge in [0.15, 0.2) is 5.82 Å². The minimum Gasteiger partial charge on any atom is -0.320 e. The number of halogens is 3. The van der Waals surface area contributed by atoms with Gasteiger partial charge >= 0.3 is 0 Å². The summed E-state index contributed by atoms with van der Waals surface area (Å²) in [5.41, 5.74) is 0.0958. The zero-order valence-electron chi connectivity index (χ0n) is 15.3. The predicted molar refractivity (Wildman–Crippen MR) is 99.9 cm³/mol. The Morgan fingerprint density at radius 2 is 1.90 bits per heavy atom. The van der Waals surface area contributed by atoms with Gasteiger partial charge in [0.05, 0.1) is 11.9 Å². The second-order valence-corrected chi connectivity index (χ2v) is 7.28.